The van der Waals surface area contributed by atoms with E-state index in [-0.39, 0.29) is 62.3 Å². The predicted molar refractivity (Wildman–Crippen MR) is 226 cm³/mol. The lowest BCUT2D eigenvalue weighted by Gasteiger charge is -2.35. The normalized spacial score (nSPS) is 18.6. The molecule has 2 saturated heterocycles. The van der Waals surface area contributed by atoms with E-state index in [0.717, 1.165) is 4.31 Å². The largest absolute Gasteiger partial charge is 0.490 e. The zero-order valence-electron chi connectivity index (χ0n) is 33.4. The zero-order valence-corrected chi connectivity index (χ0v) is 36.6. The summed E-state index contributed by atoms with van der Waals surface area (Å²) in [4.78, 5) is 75.2. The summed E-state index contributed by atoms with van der Waals surface area (Å²) in [5.41, 5.74) is 2.35. The molecule has 4 aromatic rings. The van der Waals surface area contributed by atoms with E-state index in [9.17, 15) is 45.9 Å². The monoisotopic (exact) mass is 1000 g/mol. The standard InChI is InChI=1S/C36H40BrClN10O8S.C2HF3O2/c37-26-18-28-25(17-27(26)38)34(51)47(20-42-28)19-24(49)16-29-30(6-3-7-39-29)56-36(53)45-57(54,55)48-12-10-46(11-13-48)35(52)44-32-31(40-8-9-41-32)33(50)43-23-14-21-4-1-2-5-22(21)15-23;3-2(4,5)1(6)7/h1-2,4-5,8-9,17-18,20,23-24,29-30,39,49H,3,6-7,10-16,19H2,(H,43,50)(H,45,53)(H,41,44,52);(H,6,7)/t24?,29-,30+;/m1./s1. The summed E-state index contributed by atoms with van der Waals surface area (Å²) in [6, 6.07) is 9.85. The average molecular weight is 1000 g/mol. The number of amides is 4. The highest BCUT2D eigenvalue weighted by Gasteiger charge is 2.38. The fourth-order valence-electron chi connectivity index (χ4n) is 7.33. The number of nitrogens with zero attached hydrogens (tertiary/aromatic N) is 6. The van der Waals surface area contributed by atoms with Crippen molar-refractivity contribution in [1.29, 1.82) is 0 Å². The topological polar surface area (TPSA) is 267 Å². The van der Waals surface area contributed by atoms with E-state index in [1.54, 1.807) is 6.07 Å². The second-order valence-corrected chi connectivity index (χ2v) is 17.8. The lowest BCUT2D eigenvalue weighted by molar-refractivity contribution is -0.192. The van der Waals surface area contributed by atoms with Gasteiger partial charge < -0.3 is 30.5 Å². The van der Waals surface area contributed by atoms with Gasteiger partial charge in [-0.3, -0.25) is 19.5 Å². The van der Waals surface area contributed by atoms with Crippen LogP contribution in [0, 0.1) is 0 Å². The van der Waals surface area contributed by atoms with Gasteiger partial charge in [-0.2, -0.15) is 25.9 Å². The molecule has 3 aliphatic rings. The first kappa shape index (κ1) is 48.0. The second-order valence-electron chi connectivity index (χ2n) is 14.8. The third-order valence-electron chi connectivity index (χ3n) is 10.4. The first-order chi connectivity index (χ1) is 30.3. The third-order valence-corrected chi connectivity index (χ3v) is 13.1. The van der Waals surface area contributed by atoms with E-state index in [4.69, 9.17) is 26.2 Å². The number of aliphatic hydroxyl groups is 1. The number of alkyl halides is 3. The van der Waals surface area contributed by atoms with Gasteiger partial charge in [0.15, 0.2) is 11.5 Å². The van der Waals surface area contributed by atoms with Gasteiger partial charge in [0.05, 0.1) is 34.9 Å². The quantitative estimate of drug-likeness (QED) is 0.134. The first-order valence-electron chi connectivity index (χ1n) is 19.6. The number of carbonyl (C=O) groups excluding carboxylic acids is 3. The highest BCUT2D eigenvalue weighted by molar-refractivity contribution is 9.10. The first-order valence-corrected chi connectivity index (χ1v) is 22.2. The van der Waals surface area contributed by atoms with Gasteiger partial charge in [0, 0.05) is 55.1 Å². The van der Waals surface area contributed by atoms with Crippen molar-refractivity contribution in [2.75, 3.05) is 38.0 Å². The Morgan fingerprint density at radius 2 is 1.69 bits per heavy atom. The van der Waals surface area contributed by atoms with E-state index >= 15 is 0 Å². The Labute approximate surface area is 375 Å². The van der Waals surface area contributed by atoms with Crippen molar-refractivity contribution in [3.8, 4) is 0 Å². The fourth-order valence-corrected chi connectivity index (χ4v) is 8.86. The Hall–Kier alpha value is -5.47. The molecule has 0 saturated carbocycles. The molecule has 2 aliphatic heterocycles. The molecule has 20 nitrogen and oxygen atoms in total. The third kappa shape index (κ3) is 12.2. The van der Waals surface area contributed by atoms with Crippen LogP contribution in [0.4, 0.5) is 28.6 Å². The van der Waals surface area contributed by atoms with Crippen molar-refractivity contribution in [2.24, 2.45) is 0 Å². The smallest absolute Gasteiger partial charge is 0.475 e. The zero-order chi connectivity index (χ0) is 46.3. The Morgan fingerprint density at radius 3 is 2.34 bits per heavy atom. The van der Waals surface area contributed by atoms with Gasteiger partial charge in [-0.25, -0.2) is 34.1 Å². The molecule has 2 aromatic heterocycles. The molecule has 1 unspecified atom stereocenters. The van der Waals surface area contributed by atoms with Gasteiger partial charge in [0.1, 0.15) is 6.10 Å². The Kier molecular flexibility index (Phi) is 15.4. The summed E-state index contributed by atoms with van der Waals surface area (Å²) in [5, 5.41) is 27.5. The molecule has 3 atom stereocenters. The highest BCUT2D eigenvalue weighted by atomic mass is 79.9. The minimum absolute atomic E-state index is 0.0170. The van der Waals surface area contributed by atoms with Crippen LogP contribution in [0.1, 0.15) is 40.9 Å². The van der Waals surface area contributed by atoms with Crippen molar-refractivity contribution in [3.63, 3.8) is 0 Å². The Morgan fingerprint density at radius 1 is 1.03 bits per heavy atom. The van der Waals surface area contributed by atoms with E-state index < -0.39 is 58.6 Å². The maximum absolute atomic E-state index is 13.2. The van der Waals surface area contributed by atoms with Crippen LogP contribution in [0.3, 0.4) is 0 Å². The van der Waals surface area contributed by atoms with Crippen LogP contribution in [-0.4, -0.2) is 135 Å². The number of anilines is 1. The molecule has 26 heteroatoms. The Balaban J connectivity index is 0.000000898. The van der Waals surface area contributed by atoms with Gasteiger partial charge >= 0.3 is 34.5 Å². The number of piperidine rings is 1. The van der Waals surface area contributed by atoms with Gasteiger partial charge in [0.2, 0.25) is 0 Å². The molecule has 344 valence electrons. The average Bonchev–Trinajstić information content (AvgIpc) is 3.65. The predicted octanol–water partition coefficient (Wildman–Crippen LogP) is 2.83. The number of aromatic nitrogens is 4. The summed E-state index contributed by atoms with van der Waals surface area (Å²) in [5.74, 6) is -3.27. The lowest BCUT2D eigenvalue weighted by Crippen LogP contribution is -2.55. The number of carboxylic acids is 1. The van der Waals surface area contributed by atoms with Crippen molar-refractivity contribution < 1.29 is 55.7 Å². The van der Waals surface area contributed by atoms with Gasteiger partial charge in [-0.05, 0) is 77.8 Å². The summed E-state index contributed by atoms with van der Waals surface area (Å²) in [6.45, 7) is 0.210. The number of rotatable bonds is 10. The number of aliphatic hydroxyl groups excluding tert-OH is 1. The maximum Gasteiger partial charge on any atom is 0.490 e. The van der Waals surface area contributed by atoms with E-state index in [0.29, 0.717) is 52.6 Å². The number of ether oxygens (including phenoxy) is 1. The number of carboxylic acid groups (broad SMARTS) is 1. The lowest BCUT2D eigenvalue weighted by atomic mass is 9.96. The molecule has 7 rings (SSSR count). The minimum atomic E-state index is -5.08. The highest BCUT2D eigenvalue weighted by Crippen LogP contribution is 2.26. The van der Waals surface area contributed by atoms with Crippen LogP contribution in [0.2, 0.25) is 5.02 Å². The van der Waals surface area contributed by atoms with Crippen LogP contribution in [-0.2, 0) is 39.1 Å². The molecular formula is C38H41BrClF3N10O10S. The number of urea groups is 1. The second kappa shape index (κ2) is 20.6. The van der Waals surface area contributed by atoms with Crippen LogP contribution >= 0.6 is 27.5 Å². The molecule has 4 heterocycles. The van der Waals surface area contributed by atoms with Crippen LogP contribution in [0.15, 0.2) is 64.4 Å². The van der Waals surface area contributed by atoms with E-state index in [1.165, 1.54) is 45.4 Å². The molecule has 0 bridgehead atoms. The summed E-state index contributed by atoms with van der Waals surface area (Å²) in [6.07, 6.45) is -1.52. The summed E-state index contributed by atoms with van der Waals surface area (Å²) < 4.78 is 68.5. The van der Waals surface area contributed by atoms with Crippen LogP contribution < -0.4 is 26.2 Å². The number of hydrogen-bond acceptors (Lipinski definition) is 13. The van der Waals surface area contributed by atoms with Crippen molar-refractivity contribution >= 4 is 78.5 Å². The number of carbonyl (C=O) groups is 4. The number of aliphatic carboxylic acids is 1. The van der Waals surface area contributed by atoms with Crippen molar-refractivity contribution in [3.05, 3.63) is 91.8 Å². The summed E-state index contributed by atoms with van der Waals surface area (Å²) >= 11 is 9.49. The molecule has 0 radical (unpaired) electrons. The van der Waals surface area contributed by atoms with Gasteiger partial charge in [0.25, 0.3) is 11.5 Å². The van der Waals surface area contributed by atoms with Crippen LogP contribution in [0.5, 0.6) is 0 Å². The number of nitrogens with one attached hydrogen (secondary N) is 4. The van der Waals surface area contributed by atoms with Crippen molar-refractivity contribution in [2.45, 2.75) is 69.1 Å². The van der Waals surface area contributed by atoms with Gasteiger partial charge in [-0.15, -0.1) is 0 Å². The fraction of sp³-hybridized carbons (Fsp3) is 0.421. The molecule has 2 fully saturated rings. The SMILES string of the molecule is O=C(NS(=O)(=O)N1CCN(C(=O)Nc2nccnc2C(=O)NC2Cc3ccccc3C2)CC1)O[C@H]1CCCN[C@@H]1CC(O)Cn1cnc2cc(Br)c(Cl)cc2c1=O.O=C(O)C(F)(F)F. The number of fused-ring (bicyclic) bond motifs is 2. The van der Waals surface area contributed by atoms with Gasteiger partial charge in [-0.1, -0.05) is 35.9 Å². The maximum atomic E-state index is 13.2. The molecule has 2 aromatic carbocycles. The minimum Gasteiger partial charge on any atom is -0.475 e. The Bertz CT molecular complexity index is 2540. The summed E-state index contributed by atoms with van der Waals surface area (Å²) in [7, 11) is -4.35. The van der Waals surface area contributed by atoms with E-state index in [1.807, 2.05) is 29.0 Å². The van der Waals surface area contributed by atoms with Crippen molar-refractivity contribution in [1.82, 2.24) is 44.1 Å². The molecule has 0 spiro atoms. The molecule has 64 heavy (non-hydrogen) atoms. The number of halogens is 5. The number of benzene rings is 2. The molecule has 6 N–H and O–H groups in total. The van der Waals surface area contributed by atoms with Crippen LogP contribution in [0.25, 0.3) is 10.9 Å². The molecular weight excluding hydrogens is 961 g/mol. The molecule has 1 aliphatic carbocycles. The number of piperazine rings is 1. The number of hydrogen-bond donors (Lipinski definition) is 6. The molecule has 4 amide bonds. The van der Waals surface area contributed by atoms with E-state index in [2.05, 4.69) is 46.8 Å².